The van der Waals surface area contributed by atoms with Gasteiger partial charge in [-0.25, -0.2) is 4.39 Å². The molecule has 1 aromatic carbocycles. The maximum Gasteiger partial charge on any atom is 0.241 e. The number of carbonyl (C=O) groups excluding carboxylic acids is 1. The second kappa shape index (κ2) is 6.55. The number of likely N-dealkylation sites (tertiary alicyclic amines) is 1. The van der Waals surface area contributed by atoms with Gasteiger partial charge in [-0.1, -0.05) is 0 Å². The first kappa shape index (κ1) is 16.4. The Kier molecular flexibility index (Phi) is 4.66. The van der Waals surface area contributed by atoms with Crippen molar-refractivity contribution in [3.63, 3.8) is 0 Å². The van der Waals surface area contributed by atoms with Gasteiger partial charge in [-0.15, -0.1) is 0 Å². The summed E-state index contributed by atoms with van der Waals surface area (Å²) < 4.78 is 19.5. The number of halogens is 1. The van der Waals surface area contributed by atoms with E-state index in [-0.39, 0.29) is 36.4 Å². The number of likely N-dealkylation sites (N-methyl/N-ethyl adjacent to an activating group) is 1. The molecule has 1 amide bonds. The van der Waals surface area contributed by atoms with Crippen LogP contribution in [-0.2, 0) is 22.4 Å². The third-order valence-corrected chi connectivity index (χ3v) is 4.96. The molecule has 2 N–H and O–H groups in total. The van der Waals surface area contributed by atoms with Crippen LogP contribution in [0.1, 0.15) is 17.5 Å². The van der Waals surface area contributed by atoms with Crippen molar-refractivity contribution in [2.24, 2.45) is 5.92 Å². The van der Waals surface area contributed by atoms with Crippen molar-refractivity contribution >= 4 is 11.6 Å². The summed E-state index contributed by atoms with van der Waals surface area (Å²) in [7, 11) is 3.53. The van der Waals surface area contributed by atoms with Crippen molar-refractivity contribution in [1.29, 1.82) is 0 Å². The van der Waals surface area contributed by atoms with Crippen LogP contribution in [0.5, 0.6) is 0 Å². The molecule has 0 saturated carbocycles. The van der Waals surface area contributed by atoms with E-state index in [9.17, 15) is 14.3 Å². The zero-order valence-corrected chi connectivity index (χ0v) is 13.5. The minimum absolute atomic E-state index is 0.0535. The predicted molar refractivity (Wildman–Crippen MR) is 84.8 cm³/mol. The van der Waals surface area contributed by atoms with E-state index in [0.717, 1.165) is 5.56 Å². The number of carbonyl (C=O) groups is 1. The quantitative estimate of drug-likeness (QED) is 0.874. The molecule has 1 aliphatic carbocycles. The van der Waals surface area contributed by atoms with Gasteiger partial charge in [0.15, 0.2) is 0 Å². The molecule has 0 aromatic heterocycles. The number of ether oxygens (including phenoxy) is 1. The summed E-state index contributed by atoms with van der Waals surface area (Å²) in [6.45, 7) is 0.770. The lowest BCUT2D eigenvalue weighted by Gasteiger charge is -2.18. The van der Waals surface area contributed by atoms with Gasteiger partial charge in [0.2, 0.25) is 5.91 Å². The van der Waals surface area contributed by atoms with Crippen LogP contribution >= 0.6 is 0 Å². The van der Waals surface area contributed by atoms with Crippen LogP contribution in [0.4, 0.5) is 10.1 Å². The monoisotopic (exact) mass is 322 g/mol. The number of aliphatic hydroxyl groups excluding tert-OH is 1. The van der Waals surface area contributed by atoms with Crippen LogP contribution in [0.15, 0.2) is 12.1 Å². The van der Waals surface area contributed by atoms with Crippen LogP contribution in [0.2, 0.25) is 0 Å². The van der Waals surface area contributed by atoms with E-state index in [4.69, 9.17) is 4.74 Å². The Morgan fingerprint density at radius 1 is 1.48 bits per heavy atom. The number of hydrogen-bond acceptors (Lipinski definition) is 4. The normalized spacial score (nSPS) is 27.2. The SMILES string of the molecule is CO[C@@H]1C[C@@H](C(=O)Nc2cc(F)c3c(c2)CC(CO)C3)N(C)C1. The summed E-state index contributed by atoms with van der Waals surface area (Å²) in [5, 5.41) is 12.1. The Balaban J connectivity index is 1.72. The summed E-state index contributed by atoms with van der Waals surface area (Å²) in [6.07, 6.45) is 1.91. The molecule has 0 bridgehead atoms. The second-order valence-corrected chi connectivity index (χ2v) is 6.59. The lowest BCUT2D eigenvalue weighted by atomic mass is 10.1. The van der Waals surface area contributed by atoms with Gasteiger partial charge in [0.05, 0.1) is 12.1 Å². The highest BCUT2D eigenvalue weighted by Gasteiger charge is 2.34. The van der Waals surface area contributed by atoms with Crippen molar-refractivity contribution in [2.45, 2.75) is 31.4 Å². The van der Waals surface area contributed by atoms with Gasteiger partial charge < -0.3 is 15.2 Å². The molecule has 3 rings (SSSR count). The van der Waals surface area contributed by atoms with Crippen molar-refractivity contribution < 1.29 is 19.0 Å². The maximum absolute atomic E-state index is 14.2. The Morgan fingerprint density at radius 3 is 2.91 bits per heavy atom. The van der Waals surface area contributed by atoms with Gasteiger partial charge >= 0.3 is 0 Å². The molecule has 23 heavy (non-hydrogen) atoms. The molecule has 5 nitrogen and oxygen atoms in total. The van der Waals surface area contributed by atoms with Crippen LogP contribution < -0.4 is 5.32 Å². The second-order valence-electron chi connectivity index (χ2n) is 6.59. The van der Waals surface area contributed by atoms with Crippen molar-refractivity contribution in [3.05, 3.63) is 29.1 Å². The largest absolute Gasteiger partial charge is 0.396 e. The van der Waals surface area contributed by atoms with Gasteiger partial charge in [-0.05, 0) is 55.5 Å². The first-order chi connectivity index (χ1) is 11.0. The number of aliphatic hydroxyl groups is 1. The molecule has 1 aromatic rings. The molecular weight excluding hydrogens is 299 g/mol. The smallest absolute Gasteiger partial charge is 0.241 e. The number of benzene rings is 1. The first-order valence-corrected chi connectivity index (χ1v) is 7.97. The molecule has 1 unspecified atom stereocenters. The number of methoxy groups -OCH3 is 1. The van der Waals surface area contributed by atoms with Crippen molar-refractivity contribution in [2.75, 3.05) is 32.6 Å². The number of nitrogens with zero attached hydrogens (tertiary/aromatic N) is 1. The molecule has 6 heteroatoms. The molecule has 0 radical (unpaired) electrons. The zero-order chi connectivity index (χ0) is 16.6. The van der Waals surface area contributed by atoms with Gasteiger partial charge in [0.25, 0.3) is 0 Å². The molecule has 1 saturated heterocycles. The third kappa shape index (κ3) is 3.24. The summed E-state index contributed by atoms with van der Waals surface area (Å²) in [4.78, 5) is 14.4. The highest BCUT2D eigenvalue weighted by atomic mass is 19.1. The van der Waals surface area contributed by atoms with Crippen molar-refractivity contribution in [1.82, 2.24) is 4.90 Å². The standard InChI is InChI=1S/C17H23FN2O3/c1-20-8-13(23-2)7-16(20)17(22)19-12-5-11-3-10(9-21)4-14(11)15(18)6-12/h5-6,10,13,16,21H,3-4,7-9H2,1-2H3,(H,19,22)/t10?,13-,16+/m1/s1. The zero-order valence-electron chi connectivity index (χ0n) is 13.5. The highest BCUT2D eigenvalue weighted by Crippen LogP contribution is 2.31. The summed E-state index contributed by atoms with van der Waals surface area (Å²) in [5.41, 5.74) is 2.03. The number of amides is 1. The number of fused-ring (bicyclic) bond motifs is 1. The van der Waals surface area contributed by atoms with Crippen LogP contribution in [0.3, 0.4) is 0 Å². The predicted octanol–water partition coefficient (Wildman–Crippen LogP) is 1.19. The molecule has 1 fully saturated rings. The van der Waals surface area contributed by atoms with Crippen LogP contribution in [0, 0.1) is 11.7 Å². The minimum Gasteiger partial charge on any atom is -0.396 e. The molecule has 0 spiro atoms. The Labute approximate surface area is 135 Å². The fourth-order valence-electron chi connectivity index (χ4n) is 3.63. The van der Waals surface area contributed by atoms with E-state index in [1.807, 2.05) is 18.0 Å². The summed E-state index contributed by atoms with van der Waals surface area (Å²) in [6, 6.07) is 2.94. The maximum atomic E-state index is 14.2. The first-order valence-electron chi connectivity index (χ1n) is 7.97. The molecular formula is C17H23FN2O3. The lowest BCUT2D eigenvalue weighted by molar-refractivity contribution is -0.120. The van der Waals surface area contributed by atoms with E-state index in [0.29, 0.717) is 37.1 Å². The number of anilines is 1. The fourth-order valence-corrected chi connectivity index (χ4v) is 3.63. The number of nitrogens with one attached hydrogen (secondary N) is 1. The van der Waals surface area contributed by atoms with E-state index >= 15 is 0 Å². The number of rotatable bonds is 4. The Hall–Kier alpha value is -1.50. The minimum atomic E-state index is -0.303. The van der Waals surface area contributed by atoms with Crippen molar-refractivity contribution in [3.8, 4) is 0 Å². The lowest BCUT2D eigenvalue weighted by Crippen LogP contribution is -2.37. The average Bonchev–Trinajstić information content (AvgIpc) is 3.10. The molecule has 1 aliphatic heterocycles. The van der Waals surface area contributed by atoms with Gasteiger partial charge in [-0.3, -0.25) is 9.69 Å². The van der Waals surface area contributed by atoms with E-state index in [1.165, 1.54) is 6.07 Å². The summed E-state index contributed by atoms with van der Waals surface area (Å²) in [5.74, 6) is -0.361. The Bertz CT molecular complexity index is 608. The molecule has 1 heterocycles. The van der Waals surface area contributed by atoms with Crippen LogP contribution in [-0.4, -0.2) is 55.4 Å². The van der Waals surface area contributed by atoms with Crippen LogP contribution in [0.25, 0.3) is 0 Å². The van der Waals surface area contributed by atoms with Gasteiger partial charge in [0.1, 0.15) is 5.82 Å². The highest BCUT2D eigenvalue weighted by molar-refractivity contribution is 5.95. The topological polar surface area (TPSA) is 61.8 Å². The number of hydrogen-bond donors (Lipinski definition) is 2. The fraction of sp³-hybridized carbons (Fsp3) is 0.588. The van der Waals surface area contributed by atoms with E-state index in [1.54, 1.807) is 7.11 Å². The molecule has 2 aliphatic rings. The summed E-state index contributed by atoms with van der Waals surface area (Å²) >= 11 is 0. The van der Waals surface area contributed by atoms with Gasteiger partial charge in [-0.2, -0.15) is 0 Å². The average molecular weight is 322 g/mol. The van der Waals surface area contributed by atoms with E-state index < -0.39 is 0 Å². The molecule has 3 atom stereocenters. The molecule has 126 valence electrons. The third-order valence-electron chi connectivity index (χ3n) is 4.96. The van der Waals surface area contributed by atoms with Gasteiger partial charge in [0, 0.05) is 25.9 Å². The Morgan fingerprint density at radius 2 is 2.26 bits per heavy atom. The van der Waals surface area contributed by atoms with E-state index in [2.05, 4.69) is 5.32 Å².